The minimum atomic E-state index is -0.167. The van der Waals surface area contributed by atoms with E-state index in [1.54, 1.807) is 12.1 Å². The molecular formula is C21H20N6O. The first kappa shape index (κ1) is 17.9. The Balaban J connectivity index is 1.69. The number of carbonyl (C=O) groups excluding carboxylic acids is 1. The summed E-state index contributed by atoms with van der Waals surface area (Å²) in [5.74, 6) is 0.448. The molecule has 2 amide bonds. The summed E-state index contributed by atoms with van der Waals surface area (Å²) in [6.07, 6.45) is 0. The zero-order valence-electron chi connectivity index (χ0n) is 15.5. The third-order valence-electron chi connectivity index (χ3n) is 4.96. The third-order valence-corrected chi connectivity index (χ3v) is 4.96. The molecule has 7 nitrogen and oxygen atoms in total. The van der Waals surface area contributed by atoms with E-state index in [-0.39, 0.29) is 12.1 Å². The van der Waals surface area contributed by atoms with Gasteiger partial charge in [-0.25, -0.2) is 4.79 Å². The van der Waals surface area contributed by atoms with Gasteiger partial charge >= 0.3 is 6.03 Å². The van der Waals surface area contributed by atoms with Gasteiger partial charge in [0.2, 0.25) is 0 Å². The molecule has 0 spiro atoms. The van der Waals surface area contributed by atoms with Gasteiger partial charge < -0.3 is 10.2 Å². The number of amides is 2. The number of rotatable bonds is 2. The highest BCUT2D eigenvalue weighted by molar-refractivity contribution is 6.04. The molecule has 1 aromatic heterocycles. The lowest BCUT2D eigenvalue weighted by molar-refractivity contribution is 0.177. The van der Waals surface area contributed by atoms with Crippen LogP contribution in [0.4, 0.5) is 10.6 Å². The van der Waals surface area contributed by atoms with Crippen molar-refractivity contribution in [2.24, 2.45) is 0 Å². The van der Waals surface area contributed by atoms with Crippen molar-refractivity contribution in [3.63, 3.8) is 0 Å². The predicted octanol–water partition coefficient (Wildman–Crippen LogP) is 2.99. The lowest BCUT2D eigenvalue weighted by Gasteiger charge is -2.33. The number of benzene rings is 2. The van der Waals surface area contributed by atoms with Crippen molar-refractivity contribution < 1.29 is 4.79 Å². The first-order valence-corrected chi connectivity index (χ1v) is 9.21. The van der Waals surface area contributed by atoms with Crippen LogP contribution in [0.2, 0.25) is 0 Å². The highest BCUT2D eigenvalue weighted by Gasteiger charge is 2.24. The van der Waals surface area contributed by atoms with Gasteiger partial charge in [-0.05, 0) is 19.1 Å². The van der Waals surface area contributed by atoms with Crippen LogP contribution in [0.15, 0.2) is 48.5 Å². The van der Waals surface area contributed by atoms with Crippen LogP contribution in [0.25, 0.3) is 22.0 Å². The van der Waals surface area contributed by atoms with Crippen molar-refractivity contribution in [3.8, 4) is 17.3 Å². The Morgan fingerprint density at radius 3 is 2.64 bits per heavy atom. The van der Waals surface area contributed by atoms with Crippen molar-refractivity contribution in [1.82, 2.24) is 20.4 Å². The second-order valence-electron chi connectivity index (χ2n) is 6.81. The van der Waals surface area contributed by atoms with E-state index in [0.717, 1.165) is 29.4 Å². The number of fused-ring (bicyclic) bond motifs is 1. The van der Waals surface area contributed by atoms with E-state index in [2.05, 4.69) is 26.9 Å². The van der Waals surface area contributed by atoms with Crippen molar-refractivity contribution in [1.29, 1.82) is 5.26 Å². The number of piperazine rings is 1. The summed E-state index contributed by atoms with van der Waals surface area (Å²) in [7, 11) is 0. The molecule has 2 N–H and O–H groups in total. The molecule has 140 valence electrons. The molecular weight excluding hydrogens is 352 g/mol. The van der Waals surface area contributed by atoms with Gasteiger partial charge in [0.05, 0.1) is 11.6 Å². The van der Waals surface area contributed by atoms with Gasteiger partial charge in [-0.15, -0.1) is 10.2 Å². The summed E-state index contributed by atoms with van der Waals surface area (Å²) in [4.78, 5) is 14.5. The van der Waals surface area contributed by atoms with E-state index in [1.165, 1.54) is 0 Å². The summed E-state index contributed by atoms with van der Waals surface area (Å²) in [6, 6.07) is 17.0. The Hall–Kier alpha value is -3.50. The van der Waals surface area contributed by atoms with Gasteiger partial charge in [-0.1, -0.05) is 36.4 Å². The molecule has 2 heterocycles. The third kappa shape index (κ3) is 3.38. The molecule has 0 bridgehead atoms. The molecule has 1 unspecified atom stereocenters. The molecule has 1 atom stereocenters. The average molecular weight is 372 g/mol. The SMILES string of the molecule is CC1CNCCN1C(=O)Nc1nnc(-c2ccc(C#N)cc2)c2ccccc12. The molecule has 1 aliphatic rings. The van der Waals surface area contributed by atoms with Gasteiger partial charge in [0.1, 0.15) is 5.69 Å². The van der Waals surface area contributed by atoms with Crippen molar-refractivity contribution in [3.05, 3.63) is 54.1 Å². The lowest BCUT2D eigenvalue weighted by Crippen LogP contribution is -2.53. The number of hydrogen-bond donors (Lipinski definition) is 2. The van der Waals surface area contributed by atoms with Crippen LogP contribution in [0.1, 0.15) is 12.5 Å². The van der Waals surface area contributed by atoms with Crippen LogP contribution < -0.4 is 10.6 Å². The zero-order valence-corrected chi connectivity index (χ0v) is 15.5. The standard InChI is InChI=1S/C21H20N6O/c1-14-13-23-10-11-27(14)21(28)24-20-18-5-3-2-4-17(18)19(25-26-20)16-8-6-15(12-22)7-9-16/h2-9,14,23H,10-11,13H2,1H3,(H,24,26,28). The monoisotopic (exact) mass is 372 g/mol. The number of urea groups is 1. The van der Waals surface area contributed by atoms with Crippen LogP contribution in [-0.2, 0) is 0 Å². The maximum Gasteiger partial charge on any atom is 0.323 e. The van der Waals surface area contributed by atoms with Gasteiger partial charge in [0.15, 0.2) is 5.82 Å². The molecule has 28 heavy (non-hydrogen) atoms. The fourth-order valence-corrected chi connectivity index (χ4v) is 3.43. The molecule has 7 heteroatoms. The second kappa shape index (κ2) is 7.62. The van der Waals surface area contributed by atoms with E-state index >= 15 is 0 Å². The Kier molecular flexibility index (Phi) is 4.87. The molecule has 0 radical (unpaired) electrons. The summed E-state index contributed by atoms with van der Waals surface area (Å²) >= 11 is 0. The molecule has 3 aromatic rings. The molecule has 1 aliphatic heterocycles. The first-order chi connectivity index (χ1) is 13.7. The first-order valence-electron chi connectivity index (χ1n) is 9.21. The number of carbonyl (C=O) groups is 1. The maximum atomic E-state index is 12.7. The maximum absolute atomic E-state index is 12.7. The molecule has 4 rings (SSSR count). The van der Waals surface area contributed by atoms with E-state index in [4.69, 9.17) is 5.26 Å². The van der Waals surface area contributed by atoms with Gasteiger partial charge in [-0.2, -0.15) is 5.26 Å². The van der Waals surface area contributed by atoms with Crippen LogP contribution in [0.3, 0.4) is 0 Å². The quantitative estimate of drug-likeness (QED) is 0.721. The van der Waals surface area contributed by atoms with Gasteiger partial charge in [0, 0.05) is 42.0 Å². The molecule has 0 aliphatic carbocycles. The topological polar surface area (TPSA) is 93.9 Å². The summed E-state index contributed by atoms with van der Waals surface area (Å²) in [5.41, 5.74) is 2.18. The largest absolute Gasteiger partial charge is 0.323 e. The van der Waals surface area contributed by atoms with Gasteiger partial charge in [-0.3, -0.25) is 5.32 Å². The second-order valence-corrected chi connectivity index (χ2v) is 6.81. The normalized spacial score (nSPS) is 16.6. The molecule has 0 saturated carbocycles. The minimum Gasteiger partial charge on any atom is -0.319 e. The highest BCUT2D eigenvalue weighted by Crippen LogP contribution is 2.30. The van der Waals surface area contributed by atoms with Crippen LogP contribution in [-0.4, -0.2) is 46.8 Å². The summed E-state index contributed by atoms with van der Waals surface area (Å²) in [5, 5.41) is 25.6. The molecule has 1 saturated heterocycles. The van der Waals surface area contributed by atoms with Crippen LogP contribution in [0.5, 0.6) is 0 Å². The van der Waals surface area contributed by atoms with Crippen LogP contribution in [0, 0.1) is 11.3 Å². The predicted molar refractivity (Wildman–Crippen MR) is 108 cm³/mol. The van der Waals surface area contributed by atoms with E-state index in [9.17, 15) is 4.79 Å². The number of aromatic nitrogens is 2. The highest BCUT2D eigenvalue weighted by atomic mass is 16.2. The minimum absolute atomic E-state index is 0.117. The molecule has 2 aromatic carbocycles. The lowest BCUT2D eigenvalue weighted by atomic mass is 10.0. The average Bonchev–Trinajstić information content (AvgIpc) is 2.74. The number of hydrogen-bond acceptors (Lipinski definition) is 5. The van der Waals surface area contributed by atoms with Crippen molar-refractivity contribution in [2.75, 3.05) is 25.0 Å². The summed E-state index contributed by atoms with van der Waals surface area (Å²) in [6.45, 7) is 4.23. The number of anilines is 1. The fourth-order valence-electron chi connectivity index (χ4n) is 3.43. The Morgan fingerprint density at radius 2 is 1.93 bits per heavy atom. The van der Waals surface area contributed by atoms with Crippen molar-refractivity contribution >= 4 is 22.6 Å². The zero-order chi connectivity index (χ0) is 19.5. The van der Waals surface area contributed by atoms with E-state index < -0.39 is 0 Å². The molecule has 1 fully saturated rings. The van der Waals surface area contributed by atoms with Crippen LogP contribution >= 0.6 is 0 Å². The van der Waals surface area contributed by atoms with Crippen molar-refractivity contribution in [2.45, 2.75) is 13.0 Å². The number of nitrogens with zero attached hydrogens (tertiary/aromatic N) is 4. The smallest absolute Gasteiger partial charge is 0.319 e. The van der Waals surface area contributed by atoms with Gasteiger partial charge in [0.25, 0.3) is 0 Å². The number of nitriles is 1. The fraction of sp³-hybridized carbons (Fsp3) is 0.238. The van der Waals surface area contributed by atoms with E-state index in [0.29, 0.717) is 23.6 Å². The Morgan fingerprint density at radius 1 is 1.18 bits per heavy atom. The Labute approximate surface area is 163 Å². The van der Waals surface area contributed by atoms with E-state index in [1.807, 2.05) is 48.2 Å². The number of nitrogens with one attached hydrogen (secondary N) is 2. The Bertz CT molecular complexity index is 1060. The summed E-state index contributed by atoms with van der Waals surface area (Å²) < 4.78 is 0.